The van der Waals surface area contributed by atoms with E-state index < -0.39 is 0 Å². The zero-order valence-corrected chi connectivity index (χ0v) is 15.4. The van der Waals surface area contributed by atoms with Crippen LogP contribution in [0.2, 0.25) is 0 Å². The largest absolute Gasteiger partial charge is 0.339 e. The van der Waals surface area contributed by atoms with Gasteiger partial charge in [-0.3, -0.25) is 9.69 Å². The lowest BCUT2D eigenvalue weighted by atomic mass is 10.0. The van der Waals surface area contributed by atoms with E-state index in [9.17, 15) is 9.18 Å². The highest BCUT2D eigenvalue weighted by atomic mass is 19.1. The number of carbonyl (C=O) groups is 1. The van der Waals surface area contributed by atoms with Crippen LogP contribution in [0, 0.1) is 11.7 Å². The first-order valence-corrected chi connectivity index (χ1v) is 9.11. The van der Waals surface area contributed by atoms with Crippen molar-refractivity contribution in [3.05, 3.63) is 48.3 Å². The number of halogens is 1. The summed E-state index contributed by atoms with van der Waals surface area (Å²) in [6, 6.07) is 6.95. The summed E-state index contributed by atoms with van der Waals surface area (Å²) in [5.74, 6) is 0.273. The van der Waals surface area contributed by atoms with Gasteiger partial charge in [-0.25, -0.2) is 14.1 Å². The molecule has 3 rings (SSSR count). The highest BCUT2D eigenvalue weighted by molar-refractivity contribution is 5.76. The highest BCUT2D eigenvalue weighted by Gasteiger charge is 2.29. The molecule has 7 heteroatoms. The van der Waals surface area contributed by atoms with E-state index in [0.29, 0.717) is 12.5 Å². The molecule has 1 fully saturated rings. The number of aromatic nitrogens is 3. The molecule has 0 unspecified atom stereocenters. The summed E-state index contributed by atoms with van der Waals surface area (Å²) < 4.78 is 14.7. The van der Waals surface area contributed by atoms with Gasteiger partial charge < -0.3 is 4.90 Å². The smallest absolute Gasteiger partial charge is 0.244 e. The van der Waals surface area contributed by atoms with Crippen molar-refractivity contribution in [2.24, 2.45) is 5.92 Å². The van der Waals surface area contributed by atoms with Crippen LogP contribution in [0.4, 0.5) is 4.39 Å². The van der Waals surface area contributed by atoms with E-state index in [1.807, 2.05) is 17.0 Å². The van der Waals surface area contributed by atoms with Crippen molar-refractivity contribution in [2.75, 3.05) is 19.6 Å². The summed E-state index contributed by atoms with van der Waals surface area (Å²) in [6.07, 6.45) is 3.93. The predicted molar refractivity (Wildman–Crippen MR) is 96.7 cm³/mol. The molecule has 0 saturated carbocycles. The molecular weight excluding hydrogens is 333 g/mol. The van der Waals surface area contributed by atoms with E-state index >= 15 is 0 Å². The van der Waals surface area contributed by atoms with Crippen LogP contribution >= 0.6 is 0 Å². The van der Waals surface area contributed by atoms with Gasteiger partial charge in [-0.2, -0.15) is 5.10 Å². The van der Waals surface area contributed by atoms with Crippen molar-refractivity contribution >= 4 is 5.91 Å². The van der Waals surface area contributed by atoms with Crippen LogP contribution in [0.25, 0.3) is 0 Å². The van der Waals surface area contributed by atoms with Crippen molar-refractivity contribution in [1.29, 1.82) is 0 Å². The van der Waals surface area contributed by atoms with Crippen molar-refractivity contribution in [1.82, 2.24) is 24.6 Å². The molecule has 1 aliphatic heterocycles. The summed E-state index contributed by atoms with van der Waals surface area (Å²) in [5, 5.41) is 4.02. The van der Waals surface area contributed by atoms with Gasteiger partial charge in [0.1, 0.15) is 25.0 Å². The first-order chi connectivity index (χ1) is 12.5. The molecule has 0 bridgehead atoms. The Morgan fingerprint density at radius 3 is 2.69 bits per heavy atom. The maximum Gasteiger partial charge on any atom is 0.244 e. The first-order valence-electron chi connectivity index (χ1n) is 9.11. The monoisotopic (exact) mass is 359 g/mol. The van der Waals surface area contributed by atoms with Gasteiger partial charge >= 0.3 is 0 Å². The summed E-state index contributed by atoms with van der Waals surface area (Å²) in [7, 11) is 0. The summed E-state index contributed by atoms with van der Waals surface area (Å²) >= 11 is 0. The zero-order valence-electron chi connectivity index (χ0n) is 15.4. The average Bonchev–Trinajstić information content (AvgIpc) is 3.02. The number of hydrogen-bond donors (Lipinski definition) is 0. The number of carbonyl (C=O) groups excluding carboxylic acids is 1. The minimum atomic E-state index is -0.213. The van der Waals surface area contributed by atoms with E-state index in [0.717, 1.165) is 31.6 Å². The summed E-state index contributed by atoms with van der Waals surface area (Å²) in [4.78, 5) is 20.9. The standard InChI is InChI=1S/C19H26FN5O/c1-15(2)18-11-24(19(26)12-25-14-21-13-22-25)9-3-8-23(18)10-16-4-6-17(20)7-5-16/h4-7,13-15,18H,3,8-12H2,1-2H3/t18-/m0/s1. The third-order valence-electron chi connectivity index (χ3n) is 4.93. The van der Waals surface area contributed by atoms with E-state index in [4.69, 9.17) is 0 Å². The topological polar surface area (TPSA) is 54.3 Å². The second-order valence-electron chi connectivity index (χ2n) is 7.19. The maximum absolute atomic E-state index is 13.2. The SMILES string of the molecule is CC(C)[C@@H]1CN(C(=O)Cn2cncn2)CCCN1Cc1ccc(F)cc1. The second-order valence-corrected chi connectivity index (χ2v) is 7.19. The number of benzene rings is 1. The van der Waals surface area contributed by atoms with E-state index in [1.54, 1.807) is 11.0 Å². The Hall–Kier alpha value is -2.28. The molecular formula is C19H26FN5O. The van der Waals surface area contributed by atoms with Crippen LogP contribution in [0.15, 0.2) is 36.9 Å². The van der Waals surface area contributed by atoms with Gasteiger partial charge in [-0.1, -0.05) is 26.0 Å². The zero-order chi connectivity index (χ0) is 18.5. The fourth-order valence-corrected chi connectivity index (χ4v) is 3.50. The van der Waals surface area contributed by atoms with Crippen molar-refractivity contribution in [2.45, 2.75) is 39.4 Å². The Bertz CT molecular complexity index is 701. The molecule has 1 aromatic heterocycles. The number of hydrogen-bond acceptors (Lipinski definition) is 4. The lowest BCUT2D eigenvalue weighted by Crippen LogP contribution is -2.46. The fraction of sp³-hybridized carbons (Fsp3) is 0.526. The maximum atomic E-state index is 13.2. The number of nitrogens with zero attached hydrogens (tertiary/aromatic N) is 5. The van der Waals surface area contributed by atoms with E-state index in [-0.39, 0.29) is 24.3 Å². The Labute approximate surface area is 153 Å². The average molecular weight is 359 g/mol. The molecule has 1 atom stereocenters. The van der Waals surface area contributed by atoms with Gasteiger partial charge in [0, 0.05) is 32.2 Å². The van der Waals surface area contributed by atoms with Crippen LogP contribution < -0.4 is 0 Å². The Morgan fingerprint density at radius 2 is 2.04 bits per heavy atom. The Kier molecular flexibility index (Phi) is 5.98. The summed E-state index contributed by atoms with van der Waals surface area (Å²) in [5.41, 5.74) is 1.10. The molecule has 2 aromatic rings. The molecule has 0 N–H and O–H groups in total. The minimum absolute atomic E-state index is 0.0739. The molecule has 1 aliphatic rings. The third-order valence-corrected chi connectivity index (χ3v) is 4.93. The van der Waals surface area contributed by atoms with Gasteiger partial charge in [0.05, 0.1) is 0 Å². The van der Waals surface area contributed by atoms with Crippen molar-refractivity contribution in [3.63, 3.8) is 0 Å². The molecule has 140 valence electrons. The van der Waals surface area contributed by atoms with Gasteiger partial charge in [-0.05, 0) is 30.0 Å². The van der Waals surface area contributed by atoms with Crippen molar-refractivity contribution in [3.8, 4) is 0 Å². The van der Waals surface area contributed by atoms with Gasteiger partial charge in [0.15, 0.2) is 0 Å². The molecule has 0 aliphatic carbocycles. The number of amides is 1. The Balaban J connectivity index is 1.68. The highest BCUT2D eigenvalue weighted by Crippen LogP contribution is 2.20. The molecule has 1 aromatic carbocycles. The lowest BCUT2D eigenvalue weighted by molar-refractivity contribution is -0.132. The molecule has 0 spiro atoms. The molecule has 6 nitrogen and oxygen atoms in total. The molecule has 0 radical (unpaired) electrons. The van der Waals surface area contributed by atoms with Crippen LogP contribution in [-0.2, 0) is 17.9 Å². The van der Waals surface area contributed by atoms with Crippen LogP contribution in [0.1, 0.15) is 25.8 Å². The van der Waals surface area contributed by atoms with E-state index in [2.05, 4.69) is 28.8 Å². The third kappa shape index (κ3) is 4.66. The first kappa shape index (κ1) is 18.5. The predicted octanol–water partition coefficient (Wildman–Crippen LogP) is 2.18. The van der Waals surface area contributed by atoms with Gasteiger partial charge in [-0.15, -0.1) is 0 Å². The van der Waals surface area contributed by atoms with Crippen LogP contribution in [0.3, 0.4) is 0 Å². The van der Waals surface area contributed by atoms with Gasteiger partial charge in [0.2, 0.25) is 5.91 Å². The molecule has 1 amide bonds. The van der Waals surface area contributed by atoms with E-state index in [1.165, 1.54) is 18.5 Å². The van der Waals surface area contributed by atoms with Crippen LogP contribution in [0.5, 0.6) is 0 Å². The fourth-order valence-electron chi connectivity index (χ4n) is 3.50. The lowest BCUT2D eigenvalue weighted by Gasteiger charge is -2.34. The second kappa shape index (κ2) is 8.40. The molecule has 1 saturated heterocycles. The van der Waals surface area contributed by atoms with Gasteiger partial charge in [0.25, 0.3) is 0 Å². The summed E-state index contributed by atoms with van der Waals surface area (Å²) in [6.45, 7) is 7.74. The quantitative estimate of drug-likeness (QED) is 0.821. The normalized spacial score (nSPS) is 18.9. The number of rotatable bonds is 5. The molecule has 26 heavy (non-hydrogen) atoms. The molecule has 2 heterocycles. The Morgan fingerprint density at radius 1 is 1.27 bits per heavy atom. The van der Waals surface area contributed by atoms with Crippen molar-refractivity contribution < 1.29 is 9.18 Å². The van der Waals surface area contributed by atoms with Crippen LogP contribution in [-0.4, -0.2) is 56.1 Å². The minimum Gasteiger partial charge on any atom is -0.339 e.